The van der Waals surface area contributed by atoms with E-state index >= 15 is 0 Å². The van der Waals surface area contributed by atoms with Crippen molar-refractivity contribution in [1.82, 2.24) is 10.3 Å². The zero-order valence-corrected chi connectivity index (χ0v) is 9.04. The molecule has 1 fully saturated rings. The molecule has 0 aromatic heterocycles. The van der Waals surface area contributed by atoms with Gasteiger partial charge in [-0.2, -0.15) is 0 Å². The molecule has 1 aliphatic heterocycles. The second-order valence-electron chi connectivity index (χ2n) is 2.94. The van der Waals surface area contributed by atoms with Gasteiger partial charge in [-0.05, 0) is 0 Å². The maximum Gasteiger partial charge on any atom is 0.0254 e. The number of nitrogens with two attached hydrogens (primary N) is 1. The van der Waals surface area contributed by atoms with Crippen molar-refractivity contribution in [2.24, 2.45) is 5.84 Å². The van der Waals surface area contributed by atoms with Gasteiger partial charge in [0.1, 0.15) is 0 Å². The van der Waals surface area contributed by atoms with Crippen LogP contribution in [0.2, 0.25) is 0 Å². The molecule has 2 rings (SSSR count). The molecule has 3 N–H and O–H groups in total. The van der Waals surface area contributed by atoms with E-state index < -0.39 is 0 Å². The molecule has 1 aliphatic rings. The third-order valence-corrected chi connectivity index (χ3v) is 1.82. The summed E-state index contributed by atoms with van der Waals surface area (Å²) in [5.74, 6) is 5.43. The Morgan fingerprint density at radius 1 is 0.857 bits per heavy atom. The van der Waals surface area contributed by atoms with Gasteiger partial charge in [-0.3, -0.25) is 5.84 Å². The first-order chi connectivity index (χ1) is 6.39. The molecule has 4 heteroatoms. The minimum Gasteiger partial charge on any atom is -0.314 e. The van der Waals surface area contributed by atoms with E-state index in [4.69, 9.17) is 5.84 Å². The van der Waals surface area contributed by atoms with Gasteiger partial charge >= 0.3 is 0 Å². The lowest BCUT2D eigenvalue weighted by Crippen LogP contribution is -2.47. The lowest BCUT2D eigenvalue weighted by molar-refractivity contribution is 0.248. The number of rotatable bonds is 0. The number of hydrogen-bond acceptors (Lipinski definition) is 3. The van der Waals surface area contributed by atoms with E-state index in [1.807, 2.05) is 41.4 Å². The van der Waals surface area contributed by atoms with E-state index in [0.29, 0.717) is 0 Å². The summed E-state index contributed by atoms with van der Waals surface area (Å²) in [5.41, 5.74) is 0. The monoisotopic (exact) mass is 215 g/mol. The van der Waals surface area contributed by atoms with Crippen LogP contribution >= 0.6 is 12.4 Å². The summed E-state index contributed by atoms with van der Waals surface area (Å²) in [5, 5.41) is 5.02. The Hall–Kier alpha value is -0.610. The van der Waals surface area contributed by atoms with E-state index in [-0.39, 0.29) is 12.4 Å². The molecule has 14 heavy (non-hydrogen) atoms. The Bertz CT molecular complexity index is 173. The lowest BCUT2D eigenvalue weighted by Gasteiger charge is -2.21. The topological polar surface area (TPSA) is 41.3 Å². The van der Waals surface area contributed by atoms with E-state index in [1.165, 1.54) is 0 Å². The standard InChI is InChI=1S/C6H6.C4H11N3.ClH/c1-2-4-6-5-3-1;5-7-3-1-6-2-4-7;/h1-6H;6H,1-5H2;1H. The van der Waals surface area contributed by atoms with Crippen molar-refractivity contribution in [3.8, 4) is 0 Å². The van der Waals surface area contributed by atoms with E-state index in [0.717, 1.165) is 26.2 Å². The largest absolute Gasteiger partial charge is 0.314 e. The molecule has 80 valence electrons. The summed E-state index contributed by atoms with van der Waals surface area (Å²) in [6.45, 7) is 4.05. The summed E-state index contributed by atoms with van der Waals surface area (Å²) < 4.78 is 0. The fraction of sp³-hybridized carbons (Fsp3) is 0.400. The van der Waals surface area contributed by atoms with Crippen molar-refractivity contribution >= 4 is 12.4 Å². The van der Waals surface area contributed by atoms with Crippen molar-refractivity contribution < 1.29 is 0 Å². The third kappa shape index (κ3) is 6.86. The highest BCUT2D eigenvalue weighted by atomic mass is 35.5. The number of benzene rings is 1. The smallest absolute Gasteiger partial charge is 0.0254 e. The van der Waals surface area contributed by atoms with Crippen molar-refractivity contribution in [2.45, 2.75) is 0 Å². The second-order valence-corrected chi connectivity index (χ2v) is 2.94. The number of nitrogens with one attached hydrogen (secondary N) is 1. The molecule has 1 aromatic rings. The maximum atomic E-state index is 5.43. The highest BCUT2D eigenvalue weighted by Gasteiger charge is 2.01. The van der Waals surface area contributed by atoms with Gasteiger partial charge in [-0.25, -0.2) is 5.01 Å². The van der Waals surface area contributed by atoms with Crippen LogP contribution in [0.3, 0.4) is 0 Å². The van der Waals surface area contributed by atoms with E-state index in [2.05, 4.69) is 5.32 Å². The highest BCUT2D eigenvalue weighted by Crippen LogP contribution is 1.80. The Balaban J connectivity index is 0.000000227. The Kier molecular flexibility index (Phi) is 8.57. The van der Waals surface area contributed by atoms with Crippen LogP contribution in [0.4, 0.5) is 0 Å². The van der Waals surface area contributed by atoms with Crippen LogP contribution in [-0.2, 0) is 0 Å². The van der Waals surface area contributed by atoms with Crippen LogP contribution in [0.1, 0.15) is 0 Å². The molecule has 0 radical (unpaired) electrons. The quantitative estimate of drug-likeness (QED) is 0.632. The molecule has 0 aliphatic carbocycles. The van der Waals surface area contributed by atoms with Crippen LogP contribution in [0, 0.1) is 0 Å². The Morgan fingerprint density at radius 3 is 1.43 bits per heavy atom. The summed E-state index contributed by atoms with van der Waals surface area (Å²) >= 11 is 0. The van der Waals surface area contributed by atoms with Gasteiger partial charge in [0, 0.05) is 26.2 Å². The summed E-state index contributed by atoms with van der Waals surface area (Å²) in [4.78, 5) is 0. The first-order valence-electron chi connectivity index (χ1n) is 4.60. The molecule has 0 amide bonds. The zero-order valence-electron chi connectivity index (χ0n) is 8.23. The second kappa shape index (κ2) is 8.97. The third-order valence-electron chi connectivity index (χ3n) is 1.82. The fourth-order valence-corrected chi connectivity index (χ4v) is 1.07. The lowest BCUT2D eigenvalue weighted by atomic mass is 10.4. The van der Waals surface area contributed by atoms with Gasteiger partial charge in [0.15, 0.2) is 0 Å². The van der Waals surface area contributed by atoms with Gasteiger partial charge in [-0.15, -0.1) is 12.4 Å². The highest BCUT2D eigenvalue weighted by molar-refractivity contribution is 5.85. The zero-order chi connectivity index (χ0) is 9.36. The van der Waals surface area contributed by atoms with Gasteiger partial charge in [-0.1, -0.05) is 36.4 Å². The van der Waals surface area contributed by atoms with Crippen LogP contribution in [0.15, 0.2) is 36.4 Å². The number of hydrazine groups is 1. The first kappa shape index (κ1) is 13.4. The predicted molar refractivity (Wildman–Crippen MR) is 62.3 cm³/mol. The number of piperazine rings is 1. The van der Waals surface area contributed by atoms with Crippen LogP contribution < -0.4 is 11.2 Å². The molecule has 0 saturated carbocycles. The molecule has 1 heterocycles. The molecule has 0 atom stereocenters. The maximum absolute atomic E-state index is 5.43. The number of hydrogen-bond donors (Lipinski definition) is 2. The summed E-state index contributed by atoms with van der Waals surface area (Å²) in [6, 6.07) is 12.0. The van der Waals surface area contributed by atoms with Crippen LogP contribution in [0.5, 0.6) is 0 Å². The minimum atomic E-state index is 0. The first-order valence-corrected chi connectivity index (χ1v) is 4.60. The van der Waals surface area contributed by atoms with Crippen molar-refractivity contribution in [2.75, 3.05) is 26.2 Å². The van der Waals surface area contributed by atoms with Gasteiger partial charge in [0.25, 0.3) is 0 Å². The fourth-order valence-electron chi connectivity index (χ4n) is 1.07. The summed E-state index contributed by atoms with van der Waals surface area (Å²) in [7, 11) is 0. The van der Waals surface area contributed by atoms with Crippen LogP contribution in [0.25, 0.3) is 0 Å². The average molecular weight is 216 g/mol. The molecule has 1 saturated heterocycles. The van der Waals surface area contributed by atoms with Crippen LogP contribution in [-0.4, -0.2) is 31.2 Å². The molecule has 0 spiro atoms. The summed E-state index contributed by atoms with van der Waals surface area (Å²) in [6.07, 6.45) is 0. The van der Waals surface area contributed by atoms with Gasteiger partial charge in [0.05, 0.1) is 0 Å². The molecule has 0 bridgehead atoms. The molecular formula is C10H18ClN3. The van der Waals surface area contributed by atoms with E-state index in [9.17, 15) is 0 Å². The van der Waals surface area contributed by atoms with Crippen molar-refractivity contribution in [1.29, 1.82) is 0 Å². The molecule has 1 aromatic carbocycles. The number of nitrogens with zero attached hydrogens (tertiary/aromatic N) is 1. The molecule has 0 unspecified atom stereocenters. The normalized spacial score (nSPS) is 16.1. The average Bonchev–Trinajstić information content (AvgIpc) is 2.22. The molecular weight excluding hydrogens is 198 g/mol. The van der Waals surface area contributed by atoms with E-state index in [1.54, 1.807) is 0 Å². The molecule has 3 nitrogen and oxygen atoms in total. The van der Waals surface area contributed by atoms with Gasteiger partial charge in [0.2, 0.25) is 0 Å². The minimum absolute atomic E-state index is 0. The van der Waals surface area contributed by atoms with Crippen molar-refractivity contribution in [3.05, 3.63) is 36.4 Å². The van der Waals surface area contributed by atoms with Gasteiger partial charge < -0.3 is 5.32 Å². The Morgan fingerprint density at radius 2 is 1.21 bits per heavy atom. The number of halogens is 1. The van der Waals surface area contributed by atoms with Crippen molar-refractivity contribution in [3.63, 3.8) is 0 Å². The SMILES string of the molecule is Cl.NN1CCNCC1.c1ccccc1. The Labute approximate surface area is 91.7 Å². The predicted octanol–water partition coefficient (Wildman–Crippen LogP) is 0.874.